The van der Waals surface area contributed by atoms with E-state index in [1.807, 2.05) is 41.3 Å². The third-order valence-corrected chi connectivity index (χ3v) is 5.23. The Balaban J connectivity index is 1.36. The number of piperidine rings is 1. The van der Waals surface area contributed by atoms with Crippen molar-refractivity contribution in [1.29, 1.82) is 0 Å². The number of benzene rings is 1. The molecule has 27 heavy (non-hydrogen) atoms. The van der Waals surface area contributed by atoms with Gasteiger partial charge in [0.05, 0.1) is 12.0 Å². The number of hydrogen-bond acceptors (Lipinski definition) is 5. The fraction of sp³-hybridized carbons (Fsp3) is 0.300. The Kier molecular flexibility index (Phi) is 5.16. The highest BCUT2D eigenvalue weighted by Gasteiger charge is 2.27. The maximum absolute atomic E-state index is 12.6. The molecule has 3 heterocycles. The largest absolute Gasteiger partial charge is 0.342 e. The molecule has 0 atom stereocenters. The summed E-state index contributed by atoms with van der Waals surface area (Å²) in [4.78, 5) is 23.0. The number of halogens is 1. The van der Waals surface area contributed by atoms with Gasteiger partial charge < -0.3 is 9.42 Å². The second kappa shape index (κ2) is 7.88. The smallest absolute Gasteiger partial charge is 0.259 e. The Labute approximate surface area is 162 Å². The van der Waals surface area contributed by atoms with Crippen molar-refractivity contribution in [2.45, 2.75) is 25.2 Å². The Morgan fingerprint density at radius 3 is 2.74 bits per heavy atom. The van der Waals surface area contributed by atoms with E-state index in [0.717, 1.165) is 24.0 Å². The predicted octanol–water partition coefficient (Wildman–Crippen LogP) is 3.73. The van der Waals surface area contributed by atoms with Crippen LogP contribution in [0.25, 0.3) is 11.5 Å². The molecule has 0 radical (unpaired) electrons. The molecular formula is C20H19ClN4O2. The minimum Gasteiger partial charge on any atom is -0.342 e. The molecule has 138 valence electrons. The van der Waals surface area contributed by atoms with E-state index in [2.05, 4.69) is 15.1 Å². The topological polar surface area (TPSA) is 72.1 Å². The summed E-state index contributed by atoms with van der Waals surface area (Å²) >= 11 is 6.16. The first kappa shape index (κ1) is 17.7. The summed E-state index contributed by atoms with van der Waals surface area (Å²) in [6, 6.07) is 11.2. The van der Waals surface area contributed by atoms with Crippen molar-refractivity contribution < 1.29 is 9.32 Å². The fourth-order valence-electron chi connectivity index (χ4n) is 3.31. The van der Waals surface area contributed by atoms with Gasteiger partial charge in [-0.2, -0.15) is 4.98 Å². The van der Waals surface area contributed by atoms with Gasteiger partial charge in [0, 0.05) is 36.4 Å². The number of hydrogen-bond donors (Lipinski definition) is 0. The summed E-state index contributed by atoms with van der Waals surface area (Å²) < 4.78 is 5.37. The van der Waals surface area contributed by atoms with E-state index in [1.54, 1.807) is 12.4 Å². The van der Waals surface area contributed by atoms with Crippen LogP contribution in [0.3, 0.4) is 0 Å². The van der Waals surface area contributed by atoms with Crippen LogP contribution in [-0.4, -0.2) is 39.0 Å². The highest BCUT2D eigenvalue weighted by molar-refractivity contribution is 6.31. The van der Waals surface area contributed by atoms with E-state index in [0.29, 0.717) is 36.2 Å². The van der Waals surface area contributed by atoms with Crippen LogP contribution in [0.5, 0.6) is 0 Å². The minimum absolute atomic E-state index is 0.103. The van der Waals surface area contributed by atoms with Gasteiger partial charge in [-0.05, 0) is 36.6 Å². The van der Waals surface area contributed by atoms with Crippen molar-refractivity contribution in [3.05, 3.63) is 65.2 Å². The lowest BCUT2D eigenvalue weighted by molar-refractivity contribution is -0.131. The molecule has 0 spiro atoms. The number of aromatic nitrogens is 3. The number of carbonyl (C=O) groups is 1. The molecule has 0 N–H and O–H groups in total. The number of likely N-dealkylation sites (tertiary alicyclic amines) is 1. The minimum atomic E-state index is 0.103. The van der Waals surface area contributed by atoms with Crippen molar-refractivity contribution in [1.82, 2.24) is 20.0 Å². The Morgan fingerprint density at radius 2 is 2.00 bits per heavy atom. The zero-order chi connectivity index (χ0) is 18.6. The van der Waals surface area contributed by atoms with Crippen LogP contribution < -0.4 is 0 Å². The van der Waals surface area contributed by atoms with Crippen LogP contribution in [0.1, 0.15) is 30.1 Å². The molecule has 4 rings (SSSR count). The first-order valence-corrected chi connectivity index (χ1v) is 9.33. The number of nitrogens with zero attached hydrogens (tertiary/aromatic N) is 4. The van der Waals surface area contributed by atoms with E-state index in [9.17, 15) is 4.79 Å². The number of carbonyl (C=O) groups excluding carboxylic acids is 1. The van der Waals surface area contributed by atoms with Gasteiger partial charge in [-0.15, -0.1) is 0 Å². The van der Waals surface area contributed by atoms with E-state index in [-0.39, 0.29) is 11.8 Å². The molecule has 6 nitrogen and oxygen atoms in total. The number of amides is 1. The third-order valence-electron chi connectivity index (χ3n) is 4.86. The molecule has 1 saturated heterocycles. The first-order chi connectivity index (χ1) is 13.2. The normalized spacial score (nSPS) is 15.1. The second-order valence-electron chi connectivity index (χ2n) is 6.62. The lowest BCUT2D eigenvalue weighted by Gasteiger charge is -2.30. The van der Waals surface area contributed by atoms with Crippen molar-refractivity contribution in [2.75, 3.05) is 13.1 Å². The summed E-state index contributed by atoms with van der Waals surface area (Å²) in [5.41, 5.74) is 1.68. The average molecular weight is 383 g/mol. The van der Waals surface area contributed by atoms with Gasteiger partial charge in [0.1, 0.15) is 0 Å². The quantitative estimate of drug-likeness (QED) is 0.687. The Hall–Kier alpha value is -2.73. The van der Waals surface area contributed by atoms with E-state index in [1.165, 1.54) is 0 Å². The Morgan fingerprint density at radius 1 is 1.19 bits per heavy atom. The molecule has 1 amide bonds. The molecule has 1 fully saturated rings. The Bertz CT molecular complexity index is 920. The lowest BCUT2D eigenvalue weighted by atomic mass is 9.95. The van der Waals surface area contributed by atoms with Crippen LogP contribution in [0, 0.1) is 0 Å². The zero-order valence-corrected chi connectivity index (χ0v) is 15.5. The molecule has 1 aromatic carbocycles. The number of pyridine rings is 1. The third kappa shape index (κ3) is 4.01. The second-order valence-corrected chi connectivity index (χ2v) is 7.03. The van der Waals surface area contributed by atoms with Crippen molar-refractivity contribution in [3.63, 3.8) is 0 Å². The molecular weight excluding hydrogens is 364 g/mol. The highest BCUT2D eigenvalue weighted by atomic mass is 35.5. The fourth-order valence-corrected chi connectivity index (χ4v) is 3.51. The molecule has 1 aliphatic heterocycles. The van der Waals surface area contributed by atoms with E-state index < -0.39 is 0 Å². The molecule has 0 bridgehead atoms. The lowest BCUT2D eigenvalue weighted by Crippen LogP contribution is -2.39. The maximum Gasteiger partial charge on any atom is 0.259 e. The summed E-state index contributed by atoms with van der Waals surface area (Å²) in [5.74, 6) is 1.48. The summed E-state index contributed by atoms with van der Waals surface area (Å²) in [5, 5.41) is 4.77. The highest BCUT2D eigenvalue weighted by Crippen LogP contribution is 2.28. The molecule has 2 aromatic heterocycles. The number of rotatable bonds is 4. The van der Waals surface area contributed by atoms with E-state index in [4.69, 9.17) is 16.1 Å². The maximum atomic E-state index is 12.6. The van der Waals surface area contributed by atoms with Crippen LogP contribution in [0.4, 0.5) is 0 Å². The monoisotopic (exact) mass is 382 g/mol. The van der Waals surface area contributed by atoms with Gasteiger partial charge >= 0.3 is 0 Å². The zero-order valence-electron chi connectivity index (χ0n) is 14.7. The SMILES string of the molecule is O=C(Cc1ccccc1Cl)N1CCC(c2noc(-c3cccnc3)n2)CC1. The van der Waals surface area contributed by atoms with Crippen molar-refractivity contribution >= 4 is 17.5 Å². The van der Waals surface area contributed by atoms with E-state index >= 15 is 0 Å². The predicted molar refractivity (Wildman–Crippen MR) is 101 cm³/mol. The average Bonchev–Trinajstić information content (AvgIpc) is 3.21. The van der Waals surface area contributed by atoms with Crippen molar-refractivity contribution in [3.8, 4) is 11.5 Å². The molecule has 3 aromatic rings. The summed E-state index contributed by atoms with van der Waals surface area (Å²) in [6.45, 7) is 1.37. The van der Waals surface area contributed by atoms with Gasteiger partial charge in [0.15, 0.2) is 5.82 Å². The first-order valence-electron chi connectivity index (χ1n) is 8.96. The van der Waals surface area contributed by atoms with Gasteiger partial charge in [0.2, 0.25) is 5.91 Å². The summed E-state index contributed by atoms with van der Waals surface area (Å²) in [6.07, 6.45) is 5.38. The molecule has 0 aliphatic carbocycles. The van der Waals surface area contributed by atoms with Crippen LogP contribution >= 0.6 is 11.6 Å². The molecule has 0 unspecified atom stereocenters. The van der Waals surface area contributed by atoms with Crippen LogP contribution in [0.15, 0.2) is 53.3 Å². The molecule has 7 heteroatoms. The van der Waals surface area contributed by atoms with Gasteiger partial charge in [-0.1, -0.05) is 35.0 Å². The molecule has 1 aliphatic rings. The van der Waals surface area contributed by atoms with Gasteiger partial charge in [-0.3, -0.25) is 9.78 Å². The molecule has 0 saturated carbocycles. The van der Waals surface area contributed by atoms with Gasteiger partial charge in [0.25, 0.3) is 5.89 Å². The van der Waals surface area contributed by atoms with Gasteiger partial charge in [-0.25, -0.2) is 0 Å². The van der Waals surface area contributed by atoms with Crippen LogP contribution in [0.2, 0.25) is 5.02 Å². The van der Waals surface area contributed by atoms with Crippen LogP contribution in [-0.2, 0) is 11.2 Å². The standard InChI is InChI=1S/C20H19ClN4O2/c21-17-6-2-1-4-15(17)12-18(26)25-10-7-14(8-11-25)19-23-20(27-24-19)16-5-3-9-22-13-16/h1-6,9,13-14H,7-8,10-12H2. The summed E-state index contributed by atoms with van der Waals surface area (Å²) in [7, 11) is 0. The van der Waals surface area contributed by atoms with Crippen molar-refractivity contribution in [2.24, 2.45) is 0 Å².